The van der Waals surface area contributed by atoms with E-state index in [9.17, 15) is 9.59 Å². The largest absolute Gasteiger partial charge is 0.380 e. The number of nitrogens with one attached hydrogen (secondary N) is 1. The molecule has 1 rings (SSSR count). The fraction of sp³-hybridized carbons (Fsp3) is 0.500. The Bertz CT molecular complexity index is 295. The first kappa shape index (κ1) is 11.8. The van der Waals surface area contributed by atoms with Gasteiger partial charge in [-0.15, -0.1) is 0 Å². The molecule has 0 spiro atoms. The lowest BCUT2D eigenvalue weighted by Crippen LogP contribution is -2.31. The zero-order valence-electron chi connectivity index (χ0n) is 8.66. The summed E-state index contributed by atoms with van der Waals surface area (Å²) in [6.45, 7) is 3.11. The molecule has 82 valence electrons. The number of amides is 2. The van der Waals surface area contributed by atoms with Crippen molar-refractivity contribution in [2.75, 3.05) is 13.1 Å². The lowest BCUT2D eigenvalue weighted by Gasteiger charge is -2.13. The third kappa shape index (κ3) is 3.79. The zero-order chi connectivity index (χ0) is 11.3. The lowest BCUT2D eigenvalue weighted by atomic mass is 10.3. The third-order valence-electron chi connectivity index (χ3n) is 2.08. The molecule has 1 heterocycles. The molecular weight excluding hydrogens is 212 g/mol. The topological polar surface area (TPSA) is 49.4 Å². The van der Waals surface area contributed by atoms with E-state index in [1.54, 1.807) is 0 Å². The SMILES string of the molecule is CC(=S)NCCCCN1C(=O)C=CC1=O. The van der Waals surface area contributed by atoms with Crippen molar-refractivity contribution in [3.05, 3.63) is 12.2 Å². The number of carbonyl (C=O) groups excluding carboxylic acids is 2. The second-order valence-electron chi connectivity index (χ2n) is 3.35. The normalized spacial score (nSPS) is 14.9. The number of unbranched alkanes of at least 4 members (excludes halogenated alkanes) is 1. The van der Waals surface area contributed by atoms with Gasteiger partial charge in [0.1, 0.15) is 0 Å². The molecule has 0 aromatic rings. The highest BCUT2D eigenvalue weighted by Gasteiger charge is 2.21. The quantitative estimate of drug-likeness (QED) is 0.424. The van der Waals surface area contributed by atoms with Crippen LogP contribution in [-0.4, -0.2) is 34.8 Å². The number of imide groups is 1. The first-order valence-electron chi connectivity index (χ1n) is 4.89. The Morgan fingerprint density at radius 1 is 1.33 bits per heavy atom. The maximum Gasteiger partial charge on any atom is 0.253 e. The van der Waals surface area contributed by atoms with Gasteiger partial charge in [0.05, 0.1) is 4.99 Å². The number of nitrogens with zero attached hydrogens (tertiary/aromatic N) is 1. The number of hydrogen-bond donors (Lipinski definition) is 1. The van der Waals surface area contributed by atoms with Crippen molar-refractivity contribution in [3.63, 3.8) is 0 Å². The Morgan fingerprint density at radius 2 is 1.93 bits per heavy atom. The van der Waals surface area contributed by atoms with Gasteiger partial charge in [-0.2, -0.15) is 0 Å². The molecular formula is C10H14N2O2S. The molecule has 4 nitrogen and oxygen atoms in total. The highest BCUT2D eigenvalue weighted by Crippen LogP contribution is 2.04. The Kier molecular flexibility index (Phi) is 4.42. The molecule has 0 aromatic heterocycles. The van der Waals surface area contributed by atoms with Crippen molar-refractivity contribution in [2.45, 2.75) is 19.8 Å². The molecule has 2 amide bonds. The van der Waals surface area contributed by atoms with Gasteiger partial charge in [-0.25, -0.2) is 0 Å². The van der Waals surface area contributed by atoms with Gasteiger partial charge < -0.3 is 5.32 Å². The van der Waals surface area contributed by atoms with Gasteiger partial charge in [-0.3, -0.25) is 14.5 Å². The van der Waals surface area contributed by atoms with Crippen LogP contribution in [0.3, 0.4) is 0 Å². The molecule has 0 bridgehead atoms. The molecule has 0 fully saturated rings. The molecule has 0 atom stereocenters. The summed E-state index contributed by atoms with van der Waals surface area (Å²) in [6.07, 6.45) is 4.31. The Morgan fingerprint density at radius 3 is 2.47 bits per heavy atom. The maximum absolute atomic E-state index is 11.1. The highest BCUT2D eigenvalue weighted by atomic mass is 32.1. The molecule has 0 aliphatic carbocycles. The molecule has 1 N–H and O–H groups in total. The van der Waals surface area contributed by atoms with E-state index in [0.29, 0.717) is 6.54 Å². The first-order chi connectivity index (χ1) is 7.11. The molecule has 0 saturated heterocycles. The molecule has 5 heteroatoms. The first-order valence-corrected chi connectivity index (χ1v) is 5.30. The van der Waals surface area contributed by atoms with Crippen LogP contribution < -0.4 is 5.32 Å². The van der Waals surface area contributed by atoms with Gasteiger partial charge in [0.2, 0.25) is 0 Å². The fourth-order valence-corrected chi connectivity index (χ4v) is 1.41. The minimum atomic E-state index is -0.209. The fourth-order valence-electron chi connectivity index (χ4n) is 1.31. The molecule has 0 saturated carbocycles. The van der Waals surface area contributed by atoms with Crippen molar-refractivity contribution in [1.82, 2.24) is 10.2 Å². The van der Waals surface area contributed by atoms with Crippen LogP contribution in [0.1, 0.15) is 19.8 Å². The van der Waals surface area contributed by atoms with E-state index < -0.39 is 0 Å². The van der Waals surface area contributed by atoms with E-state index in [0.717, 1.165) is 24.4 Å². The van der Waals surface area contributed by atoms with Crippen LogP contribution in [0.2, 0.25) is 0 Å². The molecule has 0 aromatic carbocycles. The molecule has 1 aliphatic heterocycles. The third-order valence-corrected chi connectivity index (χ3v) is 2.23. The minimum Gasteiger partial charge on any atom is -0.380 e. The number of hydrogen-bond acceptors (Lipinski definition) is 3. The van der Waals surface area contributed by atoms with Crippen molar-refractivity contribution < 1.29 is 9.59 Å². The molecule has 1 aliphatic rings. The minimum absolute atomic E-state index is 0.209. The van der Waals surface area contributed by atoms with E-state index in [-0.39, 0.29) is 11.8 Å². The van der Waals surface area contributed by atoms with Gasteiger partial charge in [0.25, 0.3) is 11.8 Å². The lowest BCUT2D eigenvalue weighted by molar-refractivity contribution is -0.136. The average molecular weight is 226 g/mol. The van der Waals surface area contributed by atoms with Crippen LogP contribution in [0, 0.1) is 0 Å². The van der Waals surface area contributed by atoms with Gasteiger partial charge in [0, 0.05) is 25.2 Å². The van der Waals surface area contributed by atoms with E-state index in [1.165, 1.54) is 17.1 Å². The van der Waals surface area contributed by atoms with Gasteiger partial charge in [-0.05, 0) is 19.8 Å². The van der Waals surface area contributed by atoms with Crippen molar-refractivity contribution >= 4 is 29.0 Å². The Balaban J connectivity index is 2.13. The molecule has 15 heavy (non-hydrogen) atoms. The van der Waals surface area contributed by atoms with Crippen LogP contribution in [-0.2, 0) is 9.59 Å². The van der Waals surface area contributed by atoms with E-state index >= 15 is 0 Å². The second-order valence-corrected chi connectivity index (χ2v) is 3.96. The van der Waals surface area contributed by atoms with Crippen LogP contribution in [0.4, 0.5) is 0 Å². The van der Waals surface area contributed by atoms with E-state index in [2.05, 4.69) is 5.32 Å². The smallest absolute Gasteiger partial charge is 0.253 e. The van der Waals surface area contributed by atoms with E-state index in [1.807, 2.05) is 6.92 Å². The summed E-state index contributed by atoms with van der Waals surface area (Å²) < 4.78 is 0. The standard InChI is InChI=1S/C10H14N2O2S/c1-8(15)11-6-2-3-7-12-9(13)4-5-10(12)14/h4-5H,2-3,6-7H2,1H3,(H,11,15). The Hall–Kier alpha value is -1.23. The van der Waals surface area contributed by atoms with Gasteiger partial charge in [0.15, 0.2) is 0 Å². The molecule has 0 unspecified atom stereocenters. The maximum atomic E-state index is 11.1. The number of rotatable bonds is 5. The average Bonchev–Trinajstić information content (AvgIpc) is 2.47. The summed E-state index contributed by atoms with van der Waals surface area (Å²) >= 11 is 4.85. The zero-order valence-corrected chi connectivity index (χ0v) is 9.47. The van der Waals surface area contributed by atoms with Gasteiger partial charge >= 0.3 is 0 Å². The predicted molar refractivity (Wildman–Crippen MR) is 61.4 cm³/mol. The second kappa shape index (κ2) is 5.60. The molecule has 0 radical (unpaired) electrons. The summed E-state index contributed by atoms with van der Waals surface area (Å²) in [6, 6.07) is 0. The van der Waals surface area contributed by atoms with Crippen molar-refractivity contribution in [2.24, 2.45) is 0 Å². The van der Waals surface area contributed by atoms with Crippen LogP contribution in [0.25, 0.3) is 0 Å². The monoisotopic (exact) mass is 226 g/mol. The summed E-state index contributed by atoms with van der Waals surface area (Å²) in [5, 5.41) is 3.02. The highest BCUT2D eigenvalue weighted by molar-refractivity contribution is 7.80. The predicted octanol–water partition coefficient (Wildman–Crippen LogP) is 0.628. The summed E-state index contributed by atoms with van der Waals surface area (Å²) in [5.41, 5.74) is 0. The summed E-state index contributed by atoms with van der Waals surface area (Å²) in [4.78, 5) is 24.3. The van der Waals surface area contributed by atoms with Crippen LogP contribution in [0.5, 0.6) is 0 Å². The Labute approximate surface area is 94.3 Å². The van der Waals surface area contributed by atoms with Crippen LogP contribution in [0.15, 0.2) is 12.2 Å². The summed E-state index contributed by atoms with van der Waals surface area (Å²) in [7, 11) is 0. The summed E-state index contributed by atoms with van der Waals surface area (Å²) in [5.74, 6) is -0.419. The van der Waals surface area contributed by atoms with Crippen molar-refractivity contribution in [3.8, 4) is 0 Å². The van der Waals surface area contributed by atoms with E-state index in [4.69, 9.17) is 12.2 Å². The van der Waals surface area contributed by atoms with Gasteiger partial charge in [-0.1, -0.05) is 12.2 Å². The van der Waals surface area contributed by atoms with Crippen molar-refractivity contribution in [1.29, 1.82) is 0 Å². The number of thiocarbonyl (C=S) groups is 1. The van der Waals surface area contributed by atoms with Crippen LogP contribution >= 0.6 is 12.2 Å². The number of carbonyl (C=O) groups is 2.